The van der Waals surface area contributed by atoms with Gasteiger partial charge in [0.15, 0.2) is 5.78 Å². The molecule has 2 atom stereocenters. The number of nitrogens with one attached hydrogen (secondary N) is 1. The Kier molecular flexibility index (Phi) is 10.4. The lowest BCUT2D eigenvalue weighted by molar-refractivity contribution is -0.132. The Hall–Kier alpha value is -1.72. The van der Waals surface area contributed by atoms with E-state index in [4.69, 9.17) is 10.5 Å². The lowest BCUT2D eigenvalue weighted by atomic mass is 9.87. The molecule has 1 amide bonds. The van der Waals surface area contributed by atoms with Crippen molar-refractivity contribution in [3.05, 3.63) is 83.1 Å². The smallest absolute Gasteiger partial charge is 0.235 e. The number of ether oxygens (including phenoxy) is 1. The van der Waals surface area contributed by atoms with Gasteiger partial charge in [-0.15, -0.1) is 0 Å². The molecule has 0 radical (unpaired) electrons. The Morgan fingerprint density at radius 2 is 1.43 bits per heavy atom. The molecule has 196 valence electrons. The molecule has 3 aromatic rings. The van der Waals surface area contributed by atoms with E-state index in [-0.39, 0.29) is 12.2 Å². The fourth-order valence-corrected chi connectivity index (χ4v) is 6.61. The number of halogens is 4. The number of anilines is 1. The zero-order valence-corrected chi connectivity index (χ0v) is 26.7. The van der Waals surface area contributed by atoms with Crippen LogP contribution in [0.1, 0.15) is 42.5 Å². The maximum absolute atomic E-state index is 13.7. The van der Waals surface area contributed by atoms with Crippen molar-refractivity contribution in [2.45, 2.75) is 32.2 Å². The number of hydrogen-bond donors (Lipinski definition) is 3. The van der Waals surface area contributed by atoms with Gasteiger partial charge in [-0.2, -0.15) is 0 Å². The van der Waals surface area contributed by atoms with Crippen LogP contribution in [0.5, 0.6) is 11.5 Å². The molecule has 37 heavy (non-hydrogen) atoms. The van der Waals surface area contributed by atoms with Crippen LogP contribution >= 0.6 is 63.7 Å². The van der Waals surface area contributed by atoms with Crippen molar-refractivity contribution in [3.63, 3.8) is 0 Å². The Labute approximate surface area is 249 Å². The minimum Gasteiger partial charge on any atom is -0.506 e. The summed E-state index contributed by atoms with van der Waals surface area (Å²) in [5, 5.41) is 12.8. The SMILES string of the molecule is COc1c(Br)cc(C[C@@H](C(=O)Nc2cc(Br)c(O)c(Br)c2)C(=O)C(N)c2ccc(C(C)C)cc2)cc1Br. The first-order valence-electron chi connectivity index (χ1n) is 11.3. The van der Waals surface area contributed by atoms with E-state index in [1.165, 1.54) is 0 Å². The van der Waals surface area contributed by atoms with Gasteiger partial charge in [-0.1, -0.05) is 38.1 Å². The third-order valence-electron chi connectivity index (χ3n) is 5.92. The molecule has 0 saturated heterocycles. The zero-order valence-electron chi connectivity index (χ0n) is 20.3. The van der Waals surface area contributed by atoms with Crippen LogP contribution in [-0.4, -0.2) is 23.9 Å². The number of Topliss-reactive ketones (excluding diaryl/α,β-unsaturated/α-hetero) is 1. The van der Waals surface area contributed by atoms with Gasteiger partial charge >= 0.3 is 0 Å². The molecular formula is C27H26Br4N2O4. The molecule has 0 fully saturated rings. The van der Waals surface area contributed by atoms with Crippen LogP contribution in [0, 0.1) is 5.92 Å². The van der Waals surface area contributed by atoms with Gasteiger partial charge in [0, 0.05) is 5.69 Å². The summed E-state index contributed by atoms with van der Waals surface area (Å²) in [4.78, 5) is 27.2. The lowest BCUT2D eigenvalue weighted by Gasteiger charge is -2.21. The van der Waals surface area contributed by atoms with Crippen molar-refractivity contribution in [2.24, 2.45) is 11.7 Å². The van der Waals surface area contributed by atoms with Crippen LogP contribution < -0.4 is 15.8 Å². The van der Waals surface area contributed by atoms with Crippen LogP contribution in [-0.2, 0) is 16.0 Å². The number of methoxy groups -OCH3 is 1. The van der Waals surface area contributed by atoms with Crippen molar-refractivity contribution in [1.82, 2.24) is 0 Å². The molecule has 4 N–H and O–H groups in total. The summed E-state index contributed by atoms with van der Waals surface area (Å²) in [5.74, 6) is -1.04. The molecular weight excluding hydrogens is 736 g/mol. The molecule has 6 nitrogen and oxygen atoms in total. The van der Waals surface area contributed by atoms with E-state index in [1.54, 1.807) is 19.2 Å². The molecule has 0 spiro atoms. The first kappa shape index (κ1) is 29.8. The summed E-state index contributed by atoms with van der Waals surface area (Å²) in [6.45, 7) is 4.18. The van der Waals surface area contributed by atoms with E-state index in [1.807, 2.05) is 36.4 Å². The summed E-state index contributed by atoms with van der Waals surface area (Å²) < 4.78 is 7.53. The summed E-state index contributed by atoms with van der Waals surface area (Å²) in [7, 11) is 1.56. The molecule has 0 aliphatic rings. The molecule has 0 saturated carbocycles. The van der Waals surface area contributed by atoms with E-state index in [0.29, 0.717) is 40.8 Å². The van der Waals surface area contributed by atoms with Gasteiger partial charge in [-0.05, 0) is 117 Å². The second-order valence-corrected chi connectivity index (χ2v) is 12.2. The second kappa shape index (κ2) is 12.9. The number of benzene rings is 3. The summed E-state index contributed by atoms with van der Waals surface area (Å²) in [6, 6.07) is 13.3. The molecule has 3 rings (SSSR count). The van der Waals surface area contributed by atoms with Gasteiger partial charge in [0.25, 0.3) is 0 Å². The predicted octanol–water partition coefficient (Wildman–Crippen LogP) is 7.64. The minimum absolute atomic E-state index is 0.00502. The topological polar surface area (TPSA) is 102 Å². The quantitative estimate of drug-likeness (QED) is 0.154. The Balaban J connectivity index is 1.96. The van der Waals surface area contributed by atoms with Gasteiger partial charge < -0.3 is 20.9 Å². The molecule has 10 heteroatoms. The number of aromatic hydroxyl groups is 1. The largest absolute Gasteiger partial charge is 0.506 e. The second-order valence-electron chi connectivity index (χ2n) is 8.83. The number of nitrogens with two attached hydrogens (primary N) is 1. The van der Waals surface area contributed by atoms with Crippen molar-refractivity contribution in [1.29, 1.82) is 0 Å². The number of phenols is 1. The molecule has 0 bridgehead atoms. The maximum Gasteiger partial charge on any atom is 0.235 e. The van der Waals surface area contributed by atoms with Gasteiger partial charge in [-0.25, -0.2) is 0 Å². The Morgan fingerprint density at radius 1 is 0.919 bits per heavy atom. The average molecular weight is 762 g/mol. The van der Waals surface area contributed by atoms with Crippen LogP contribution in [0.4, 0.5) is 5.69 Å². The van der Waals surface area contributed by atoms with Gasteiger partial charge in [0.05, 0.1) is 31.0 Å². The normalized spacial score (nSPS) is 12.8. The highest BCUT2D eigenvalue weighted by molar-refractivity contribution is 9.11. The molecule has 3 aromatic carbocycles. The summed E-state index contributed by atoms with van der Waals surface area (Å²) >= 11 is 13.5. The number of ketones is 1. The molecule has 0 heterocycles. The van der Waals surface area contributed by atoms with Crippen molar-refractivity contribution in [3.8, 4) is 11.5 Å². The number of carbonyl (C=O) groups excluding carboxylic acids is 2. The van der Waals surface area contributed by atoms with Gasteiger partial charge in [0.2, 0.25) is 5.91 Å². The van der Waals surface area contributed by atoms with Crippen molar-refractivity contribution in [2.75, 3.05) is 12.4 Å². The molecule has 0 aromatic heterocycles. The fraction of sp³-hybridized carbons (Fsp3) is 0.259. The summed E-state index contributed by atoms with van der Waals surface area (Å²) in [5.41, 5.74) is 9.33. The number of carbonyl (C=O) groups is 2. The number of phenolic OH excluding ortho intramolecular Hbond substituents is 1. The zero-order chi connectivity index (χ0) is 27.4. The average Bonchev–Trinajstić information content (AvgIpc) is 2.84. The minimum atomic E-state index is -1.08. The Morgan fingerprint density at radius 3 is 1.92 bits per heavy atom. The number of hydrogen-bond acceptors (Lipinski definition) is 5. The number of amides is 1. The molecule has 0 aliphatic heterocycles. The van der Waals surface area contributed by atoms with E-state index in [2.05, 4.69) is 82.9 Å². The molecule has 1 unspecified atom stereocenters. The van der Waals surface area contributed by atoms with Crippen LogP contribution in [0.3, 0.4) is 0 Å². The maximum atomic E-state index is 13.7. The van der Waals surface area contributed by atoms with Gasteiger partial charge in [-0.3, -0.25) is 9.59 Å². The highest BCUT2D eigenvalue weighted by Gasteiger charge is 2.32. The number of rotatable bonds is 9. The van der Waals surface area contributed by atoms with E-state index >= 15 is 0 Å². The van der Waals surface area contributed by atoms with E-state index < -0.39 is 23.7 Å². The van der Waals surface area contributed by atoms with Crippen molar-refractivity contribution >= 4 is 81.1 Å². The van der Waals surface area contributed by atoms with Gasteiger partial charge in [0.1, 0.15) is 17.4 Å². The fourth-order valence-electron chi connectivity index (χ4n) is 3.82. The standard InChI is InChI=1S/C27H26Br4N2O4/c1-13(2)15-4-6-16(7-5-15)23(32)24(34)18(8-14-9-21(30)26(37-3)22(31)10-14)27(36)33-17-11-19(28)25(35)20(29)12-17/h4-7,9-13,18,23,35H,8,32H2,1-3H3,(H,33,36)/t18-,23?/m1/s1. The van der Waals surface area contributed by atoms with Crippen LogP contribution in [0.25, 0.3) is 0 Å². The monoisotopic (exact) mass is 758 g/mol. The first-order chi connectivity index (χ1) is 17.4. The molecule has 0 aliphatic carbocycles. The lowest BCUT2D eigenvalue weighted by Crippen LogP contribution is -2.37. The Bertz CT molecular complexity index is 1270. The van der Waals surface area contributed by atoms with Crippen LogP contribution in [0.15, 0.2) is 66.4 Å². The van der Waals surface area contributed by atoms with E-state index in [0.717, 1.165) is 11.1 Å². The third kappa shape index (κ3) is 7.23. The highest BCUT2D eigenvalue weighted by atomic mass is 79.9. The van der Waals surface area contributed by atoms with E-state index in [9.17, 15) is 14.7 Å². The van der Waals surface area contributed by atoms with Crippen molar-refractivity contribution < 1.29 is 19.4 Å². The first-order valence-corrected chi connectivity index (χ1v) is 14.5. The highest BCUT2D eigenvalue weighted by Crippen LogP contribution is 2.37. The van der Waals surface area contributed by atoms with Crippen LogP contribution in [0.2, 0.25) is 0 Å². The predicted molar refractivity (Wildman–Crippen MR) is 160 cm³/mol. The summed E-state index contributed by atoms with van der Waals surface area (Å²) in [6.07, 6.45) is 0.115. The third-order valence-corrected chi connectivity index (χ3v) is 8.30.